The van der Waals surface area contributed by atoms with Crippen molar-refractivity contribution in [3.63, 3.8) is 0 Å². The Bertz CT molecular complexity index is 537. The minimum atomic E-state index is -0.0234. The van der Waals surface area contributed by atoms with Crippen LogP contribution in [0.2, 0.25) is 0 Å². The highest BCUT2D eigenvalue weighted by molar-refractivity contribution is 7.65. The molecule has 0 atom stereocenters. The van der Waals surface area contributed by atoms with E-state index in [1.165, 1.54) is 62.0 Å². The van der Waals surface area contributed by atoms with Gasteiger partial charge in [-0.15, -0.1) is 0 Å². The number of rotatable bonds is 10. The lowest BCUT2D eigenvalue weighted by Crippen LogP contribution is -2.10. The van der Waals surface area contributed by atoms with Crippen molar-refractivity contribution in [2.45, 2.75) is 52.4 Å². The fourth-order valence-electron chi connectivity index (χ4n) is 3.07. The van der Waals surface area contributed by atoms with Gasteiger partial charge in [0.15, 0.2) is 0 Å². The molecule has 0 radical (unpaired) electrons. The van der Waals surface area contributed by atoms with Gasteiger partial charge in [-0.2, -0.15) is 0 Å². The molecule has 0 amide bonds. The predicted molar refractivity (Wildman–Crippen MR) is 107 cm³/mol. The maximum Gasteiger partial charge on any atom is -0.0107 e. The average Bonchev–Trinajstić information content (AvgIpc) is 2.61. The SMILES string of the molecule is CCCCCP(CCCCC)c1ccccc1-c1ccccc1. The molecule has 124 valence electrons. The topological polar surface area (TPSA) is 0 Å². The first-order valence-electron chi connectivity index (χ1n) is 9.26. The fourth-order valence-corrected chi connectivity index (χ4v) is 5.83. The average molecular weight is 326 g/mol. The zero-order chi connectivity index (χ0) is 16.3. The van der Waals surface area contributed by atoms with Crippen molar-refractivity contribution in [1.82, 2.24) is 0 Å². The second-order valence-electron chi connectivity index (χ2n) is 6.28. The first-order valence-corrected chi connectivity index (χ1v) is 11.0. The Morgan fingerprint density at radius 1 is 0.652 bits per heavy atom. The summed E-state index contributed by atoms with van der Waals surface area (Å²) < 4.78 is 0. The molecule has 0 saturated heterocycles. The minimum absolute atomic E-state index is 0.0234. The third-order valence-corrected chi connectivity index (χ3v) is 7.18. The van der Waals surface area contributed by atoms with E-state index in [0.717, 1.165) is 0 Å². The highest BCUT2D eigenvalue weighted by Crippen LogP contribution is 2.40. The van der Waals surface area contributed by atoms with Gasteiger partial charge in [0, 0.05) is 0 Å². The molecule has 0 unspecified atom stereocenters. The van der Waals surface area contributed by atoms with Crippen LogP contribution in [-0.4, -0.2) is 12.3 Å². The maximum absolute atomic E-state index is 2.39. The summed E-state index contributed by atoms with van der Waals surface area (Å²) in [6.07, 6.45) is 11.0. The molecule has 0 aromatic heterocycles. The molecular formula is C22H31P. The standard InChI is InChI=1S/C22H31P/c1-3-5-12-18-23(19-13-6-4-2)22-17-11-10-16-21(22)20-14-8-7-9-15-20/h7-11,14-17H,3-6,12-13,18-19H2,1-2H3. The zero-order valence-electron chi connectivity index (χ0n) is 14.8. The molecule has 0 aliphatic rings. The van der Waals surface area contributed by atoms with Crippen LogP contribution in [-0.2, 0) is 0 Å². The summed E-state index contributed by atoms with van der Waals surface area (Å²) in [6, 6.07) is 20.1. The largest absolute Gasteiger partial charge is 0.0746 e. The summed E-state index contributed by atoms with van der Waals surface area (Å²) in [4.78, 5) is 0. The van der Waals surface area contributed by atoms with Gasteiger partial charge in [0.2, 0.25) is 0 Å². The first kappa shape index (κ1) is 18.2. The van der Waals surface area contributed by atoms with E-state index in [9.17, 15) is 0 Å². The molecule has 23 heavy (non-hydrogen) atoms. The van der Waals surface area contributed by atoms with Crippen molar-refractivity contribution < 1.29 is 0 Å². The van der Waals surface area contributed by atoms with Gasteiger partial charge >= 0.3 is 0 Å². The molecule has 0 spiro atoms. The van der Waals surface area contributed by atoms with Gasteiger partial charge in [-0.1, -0.05) is 102 Å². The van der Waals surface area contributed by atoms with Crippen LogP contribution in [0.4, 0.5) is 0 Å². The van der Waals surface area contributed by atoms with E-state index in [1.54, 1.807) is 5.30 Å². The van der Waals surface area contributed by atoms with E-state index in [2.05, 4.69) is 68.4 Å². The van der Waals surface area contributed by atoms with E-state index in [0.29, 0.717) is 0 Å². The van der Waals surface area contributed by atoms with Gasteiger partial charge in [-0.25, -0.2) is 0 Å². The number of hydrogen-bond acceptors (Lipinski definition) is 0. The number of unbranched alkanes of at least 4 members (excludes halogenated alkanes) is 4. The molecule has 0 nitrogen and oxygen atoms in total. The van der Waals surface area contributed by atoms with E-state index >= 15 is 0 Å². The van der Waals surface area contributed by atoms with Crippen molar-refractivity contribution in [1.29, 1.82) is 0 Å². The molecular weight excluding hydrogens is 295 g/mol. The van der Waals surface area contributed by atoms with Crippen LogP contribution in [0.5, 0.6) is 0 Å². The third kappa shape index (κ3) is 5.78. The Kier molecular flexibility index (Phi) is 8.40. The Labute approximate surface area is 144 Å². The van der Waals surface area contributed by atoms with Crippen molar-refractivity contribution in [2.24, 2.45) is 0 Å². The Morgan fingerprint density at radius 3 is 1.83 bits per heavy atom. The highest BCUT2D eigenvalue weighted by atomic mass is 31.1. The zero-order valence-corrected chi connectivity index (χ0v) is 15.7. The molecule has 0 aliphatic carbocycles. The Balaban J connectivity index is 2.22. The second-order valence-corrected chi connectivity index (χ2v) is 8.74. The lowest BCUT2D eigenvalue weighted by Gasteiger charge is -2.21. The van der Waals surface area contributed by atoms with Crippen molar-refractivity contribution >= 4 is 13.2 Å². The minimum Gasteiger partial charge on any atom is -0.0746 e. The quantitative estimate of drug-likeness (QED) is 0.331. The lowest BCUT2D eigenvalue weighted by molar-refractivity contribution is 0.763. The van der Waals surface area contributed by atoms with Crippen LogP contribution in [0, 0.1) is 0 Å². The van der Waals surface area contributed by atoms with Crippen molar-refractivity contribution in [3.8, 4) is 11.1 Å². The van der Waals surface area contributed by atoms with Crippen LogP contribution in [0.25, 0.3) is 11.1 Å². The van der Waals surface area contributed by atoms with Gasteiger partial charge in [-0.05, 0) is 41.6 Å². The molecule has 0 fully saturated rings. The van der Waals surface area contributed by atoms with E-state index in [4.69, 9.17) is 0 Å². The number of benzene rings is 2. The second kappa shape index (κ2) is 10.6. The molecule has 2 rings (SSSR count). The molecule has 0 saturated carbocycles. The van der Waals surface area contributed by atoms with Crippen LogP contribution in [0.3, 0.4) is 0 Å². The third-order valence-electron chi connectivity index (χ3n) is 4.39. The van der Waals surface area contributed by atoms with E-state index < -0.39 is 0 Å². The van der Waals surface area contributed by atoms with E-state index in [-0.39, 0.29) is 7.92 Å². The van der Waals surface area contributed by atoms with Gasteiger partial charge < -0.3 is 0 Å². The molecule has 0 heterocycles. The molecule has 1 heteroatoms. The first-order chi connectivity index (χ1) is 11.4. The summed E-state index contributed by atoms with van der Waals surface area (Å²) in [5.41, 5.74) is 2.84. The molecule has 0 N–H and O–H groups in total. The number of hydrogen-bond donors (Lipinski definition) is 0. The lowest BCUT2D eigenvalue weighted by atomic mass is 10.1. The predicted octanol–water partition coefficient (Wildman–Crippen LogP) is 6.84. The van der Waals surface area contributed by atoms with Crippen molar-refractivity contribution in [2.75, 3.05) is 12.3 Å². The fraction of sp³-hybridized carbons (Fsp3) is 0.455. The molecule has 2 aromatic carbocycles. The van der Waals surface area contributed by atoms with Gasteiger partial charge in [0.1, 0.15) is 0 Å². The molecule has 2 aromatic rings. The van der Waals surface area contributed by atoms with Crippen LogP contribution >= 0.6 is 7.92 Å². The summed E-state index contributed by atoms with van der Waals surface area (Å²) in [5.74, 6) is 0. The Morgan fingerprint density at radius 2 is 1.22 bits per heavy atom. The summed E-state index contributed by atoms with van der Waals surface area (Å²) in [7, 11) is -0.0234. The highest BCUT2D eigenvalue weighted by Gasteiger charge is 2.15. The smallest absolute Gasteiger partial charge is 0.0107 e. The molecule has 0 bridgehead atoms. The summed E-state index contributed by atoms with van der Waals surface area (Å²) in [6.45, 7) is 4.61. The van der Waals surface area contributed by atoms with E-state index in [1.807, 2.05) is 0 Å². The Hall–Kier alpha value is -1.13. The van der Waals surface area contributed by atoms with Crippen molar-refractivity contribution in [3.05, 3.63) is 54.6 Å². The monoisotopic (exact) mass is 326 g/mol. The summed E-state index contributed by atoms with van der Waals surface area (Å²) >= 11 is 0. The van der Waals surface area contributed by atoms with Gasteiger partial charge in [0.25, 0.3) is 0 Å². The van der Waals surface area contributed by atoms with Gasteiger partial charge in [-0.3, -0.25) is 0 Å². The van der Waals surface area contributed by atoms with Crippen LogP contribution in [0.15, 0.2) is 54.6 Å². The normalized spacial score (nSPS) is 11.1. The maximum atomic E-state index is 2.39. The summed E-state index contributed by atoms with van der Waals surface area (Å²) in [5, 5.41) is 1.63. The van der Waals surface area contributed by atoms with Gasteiger partial charge in [0.05, 0.1) is 0 Å². The molecule has 0 aliphatic heterocycles. The van der Waals surface area contributed by atoms with Crippen LogP contribution < -0.4 is 5.30 Å². The van der Waals surface area contributed by atoms with Crippen LogP contribution in [0.1, 0.15) is 52.4 Å².